The third-order valence-corrected chi connectivity index (χ3v) is 6.51. The molecule has 34 heavy (non-hydrogen) atoms. The molecule has 0 unspecified atom stereocenters. The summed E-state index contributed by atoms with van der Waals surface area (Å²) in [4.78, 5) is 9.55. The number of rotatable bonds is 7. The monoisotopic (exact) mass is 452 g/mol. The Hall–Kier alpha value is -3.73. The molecule has 0 spiro atoms. The zero-order chi connectivity index (χ0) is 23.7. The van der Waals surface area contributed by atoms with Crippen molar-refractivity contribution in [1.29, 1.82) is 5.26 Å². The summed E-state index contributed by atoms with van der Waals surface area (Å²) in [5.41, 5.74) is 6.33. The molecule has 0 aliphatic carbocycles. The first-order valence-corrected chi connectivity index (χ1v) is 11.8. The van der Waals surface area contributed by atoms with E-state index in [1.54, 1.807) is 22.8 Å². The predicted octanol–water partition coefficient (Wildman–Crippen LogP) is 5.61. The quantitative estimate of drug-likeness (QED) is 0.342. The summed E-state index contributed by atoms with van der Waals surface area (Å²) in [7, 11) is 0. The number of aliphatic imine (C=N–C) groups is 1. The zero-order valence-corrected chi connectivity index (χ0v) is 19.5. The number of nitrogens with zero attached hydrogens (tertiary/aromatic N) is 6. The van der Waals surface area contributed by atoms with Crippen molar-refractivity contribution in [2.45, 2.75) is 52.4 Å². The van der Waals surface area contributed by atoms with E-state index in [1.165, 1.54) is 6.07 Å². The molecule has 0 amide bonds. The van der Waals surface area contributed by atoms with Gasteiger partial charge >= 0.3 is 0 Å². The van der Waals surface area contributed by atoms with Gasteiger partial charge in [-0.25, -0.2) is 19.2 Å². The summed E-state index contributed by atoms with van der Waals surface area (Å²) in [6, 6.07) is 4.80. The van der Waals surface area contributed by atoms with E-state index in [-0.39, 0.29) is 12.5 Å². The minimum atomic E-state index is -0.262. The Labute approximate surface area is 198 Å². The third-order valence-electron chi connectivity index (χ3n) is 6.51. The van der Waals surface area contributed by atoms with Crippen LogP contribution in [-0.2, 0) is 13.1 Å². The molecular formula is C26H26BFN6. The molecule has 1 aliphatic rings. The number of fused-ring (bicyclic) bond motifs is 3. The number of nitriles is 1. The molecular weight excluding hydrogens is 426 g/mol. The number of aryl methyl sites for hydroxylation is 2. The lowest BCUT2D eigenvalue weighted by molar-refractivity contribution is 0.626. The maximum atomic E-state index is 13.9. The van der Waals surface area contributed by atoms with Gasteiger partial charge in [0.1, 0.15) is 11.5 Å². The van der Waals surface area contributed by atoms with E-state index in [0.717, 1.165) is 76.5 Å². The molecule has 0 saturated carbocycles. The van der Waals surface area contributed by atoms with Crippen LogP contribution in [0.4, 0.5) is 4.39 Å². The van der Waals surface area contributed by atoms with Crippen molar-refractivity contribution < 1.29 is 4.39 Å². The van der Waals surface area contributed by atoms with Gasteiger partial charge in [0.25, 0.3) is 6.71 Å². The summed E-state index contributed by atoms with van der Waals surface area (Å²) in [5, 5.41) is 15.0. The van der Waals surface area contributed by atoms with Crippen LogP contribution in [0.3, 0.4) is 0 Å². The molecule has 0 atom stereocenters. The number of hydrogen-bond acceptors (Lipinski definition) is 4. The van der Waals surface area contributed by atoms with E-state index in [0.29, 0.717) is 6.54 Å². The first-order valence-electron chi connectivity index (χ1n) is 11.8. The van der Waals surface area contributed by atoms with Crippen LogP contribution in [0.25, 0.3) is 28.3 Å². The molecule has 1 aromatic carbocycles. The highest BCUT2D eigenvalue weighted by Gasteiger charge is 2.17. The zero-order valence-electron chi connectivity index (χ0n) is 19.5. The second-order valence-electron chi connectivity index (χ2n) is 8.98. The highest BCUT2D eigenvalue weighted by Crippen LogP contribution is 2.28. The molecule has 0 radical (unpaired) electrons. The van der Waals surface area contributed by atoms with Gasteiger partial charge in [0.15, 0.2) is 5.65 Å². The third kappa shape index (κ3) is 4.14. The minimum absolute atomic E-state index is 0.114. The molecule has 0 saturated heterocycles. The lowest BCUT2D eigenvalue weighted by Gasteiger charge is -2.07. The van der Waals surface area contributed by atoms with Crippen LogP contribution in [0.5, 0.6) is 0 Å². The van der Waals surface area contributed by atoms with Crippen molar-refractivity contribution in [3.63, 3.8) is 0 Å². The maximum absolute atomic E-state index is 13.9. The average Bonchev–Trinajstić information content (AvgIpc) is 3.30. The second-order valence-corrected chi connectivity index (χ2v) is 8.98. The minimum Gasteiger partial charge on any atom is -0.332 e. The van der Waals surface area contributed by atoms with Gasteiger partial charge in [0.2, 0.25) is 0 Å². The van der Waals surface area contributed by atoms with E-state index in [2.05, 4.69) is 40.7 Å². The number of halogens is 1. The fourth-order valence-corrected chi connectivity index (χ4v) is 4.71. The summed E-state index contributed by atoms with van der Waals surface area (Å²) in [6.45, 7) is 5.64. The standard InChI is InChI=1S/C26H26BFN6/c1-3-7-27(17-29)8-4-9-33-15-18(2)24-16-34-26(32-25(24)33)23(14-31-34)21-10-20-11-22(28)6-5-19(20)12-30-13-21/h5-6,10-11,13-16H,3-4,7-9,12H2,1-2H3. The van der Waals surface area contributed by atoms with E-state index >= 15 is 0 Å². The topological polar surface area (TPSA) is 71.3 Å². The van der Waals surface area contributed by atoms with E-state index in [4.69, 9.17) is 4.98 Å². The largest absolute Gasteiger partial charge is 0.332 e. The molecule has 6 nitrogen and oxygen atoms in total. The van der Waals surface area contributed by atoms with Gasteiger partial charge in [0.05, 0.1) is 12.7 Å². The maximum Gasteiger partial charge on any atom is 0.267 e. The first kappa shape index (κ1) is 22.1. The van der Waals surface area contributed by atoms with Crippen molar-refractivity contribution in [1.82, 2.24) is 19.2 Å². The SMILES string of the molecule is CCCB(C#N)CCCn1cc(C)c2cn3ncc(C4=Cc5cc(F)ccc5CN=C4)c3nc21. The van der Waals surface area contributed by atoms with Crippen LogP contribution in [0.2, 0.25) is 12.6 Å². The van der Waals surface area contributed by atoms with Crippen LogP contribution in [0.15, 0.2) is 41.8 Å². The number of benzene rings is 1. The molecule has 5 rings (SSSR count). The van der Waals surface area contributed by atoms with E-state index in [9.17, 15) is 9.65 Å². The molecule has 8 heteroatoms. The molecule has 1 aliphatic heterocycles. The predicted molar refractivity (Wildman–Crippen MR) is 136 cm³/mol. The van der Waals surface area contributed by atoms with Crippen LogP contribution in [-0.4, -0.2) is 32.1 Å². The van der Waals surface area contributed by atoms with Crippen LogP contribution < -0.4 is 0 Å². The Morgan fingerprint density at radius 2 is 2.09 bits per heavy atom. The lowest BCUT2D eigenvalue weighted by Crippen LogP contribution is -2.10. The van der Waals surface area contributed by atoms with Gasteiger partial charge in [0, 0.05) is 47.6 Å². The van der Waals surface area contributed by atoms with Crippen molar-refractivity contribution in [3.05, 3.63) is 64.9 Å². The van der Waals surface area contributed by atoms with Gasteiger partial charge < -0.3 is 4.57 Å². The van der Waals surface area contributed by atoms with Crippen molar-refractivity contribution in [3.8, 4) is 5.97 Å². The number of allylic oxidation sites excluding steroid dienone is 1. The Bertz CT molecular complexity index is 1470. The normalized spacial score (nSPS) is 13.1. The molecule has 3 aromatic heterocycles. The smallest absolute Gasteiger partial charge is 0.267 e. The molecule has 170 valence electrons. The Morgan fingerprint density at radius 3 is 2.91 bits per heavy atom. The average molecular weight is 452 g/mol. The lowest BCUT2D eigenvalue weighted by atomic mass is 9.45. The molecule has 4 aromatic rings. The van der Waals surface area contributed by atoms with E-state index < -0.39 is 0 Å². The molecule has 0 bridgehead atoms. The molecule has 0 N–H and O–H groups in total. The van der Waals surface area contributed by atoms with Crippen molar-refractivity contribution in [2.24, 2.45) is 4.99 Å². The van der Waals surface area contributed by atoms with Crippen LogP contribution >= 0.6 is 0 Å². The van der Waals surface area contributed by atoms with Gasteiger partial charge in [-0.1, -0.05) is 32.1 Å². The number of hydrogen-bond donors (Lipinski definition) is 0. The van der Waals surface area contributed by atoms with Crippen LogP contribution in [0, 0.1) is 24.0 Å². The first-order chi connectivity index (χ1) is 16.6. The van der Waals surface area contributed by atoms with Gasteiger partial charge in [-0.2, -0.15) is 5.10 Å². The van der Waals surface area contributed by atoms with E-state index in [1.807, 2.05) is 18.5 Å². The summed E-state index contributed by atoms with van der Waals surface area (Å²) < 4.78 is 17.9. The fourth-order valence-electron chi connectivity index (χ4n) is 4.71. The Balaban J connectivity index is 1.52. The summed E-state index contributed by atoms with van der Waals surface area (Å²) in [6.07, 6.45) is 13.5. The van der Waals surface area contributed by atoms with Crippen molar-refractivity contribution in [2.75, 3.05) is 0 Å². The van der Waals surface area contributed by atoms with Crippen LogP contribution in [0.1, 0.15) is 42.0 Å². The second kappa shape index (κ2) is 9.26. The fraction of sp³-hybridized carbons (Fsp3) is 0.308. The van der Waals surface area contributed by atoms with Gasteiger partial charge in [-0.3, -0.25) is 4.99 Å². The number of aromatic nitrogens is 4. The van der Waals surface area contributed by atoms with Gasteiger partial charge in [-0.05, 0) is 48.2 Å². The van der Waals surface area contributed by atoms with Crippen molar-refractivity contribution >= 4 is 41.3 Å². The highest BCUT2D eigenvalue weighted by atomic mass is 19.1. The highest BCUT2D eigenvalue weighted by molar-refractivity contribution is 6.66. The Kier molecular flexibility index (Phi) is 6.02. The summed E-state index contributed by atoms with van der Waals surface area (Å²) >= 11 is 0. The molecule has 0 fully saturated rings. The summed E-state index contributed by atoms with van der Waals surface area (Å²) in [5.74, 6) is 2.17. The van der Waals surface area contributed by atoms with Gasteiger partial charge in [-0.15, -0.1) is 0 Å². The molecule has 4 heterocycles. The Morgan fingerprint density at radius 1 is 1.21 bits per heavy atom.